The van der Waals surface area contributed by atoms with Gasteiger partial charge in [-0.3, -0.25) is 4.79 Å². The summed E-state index contributed by atoms with van der Waals surface area (Å²) in [6.07, 6.45) is 1.48. The fourth-order valence-corrected chi connectivity index (χ4v) is 4.64. The van der Waals surface area contributed by atoms with E-state index in [4.69, 9.17) is 4.74 Å². The number of carbonyl (C=O) groups excluding carboxylic acids is 2. The van der Waals surface area contributed by atoms with Gasteiger partial charge < -0.3 is 30.3 Å². The minimum absolute atomic E-state index is 0.0809. The summed E-state index contributed by atoms with van der Waals surface area (Å²) in [6.45, 7) is 10.1. The van der Waals surface area contributed by atoms with Crippen LogP contribution < -0.4 is 15.5 Å². The highest BCUT2D eigenvalue weighted by Crippen LogP contribution is 2.31. The van der Waals surface area contributed by atoms with Crippen molar-refractivity contribution in [1.82, 2.24) is 15.2 Å². The SMILES string of the molecule is CC[C@@H]1CCN(C(=O)Nc2ccc(C)c(-c3cc(C(=O)NC[C@H](C)O)nc(N4CCOCC4)c3)c2)C1. The first-order valence-corrected chi connectivity index (χ1v) is 12.8. The minimum Gasteiger partial charge on any atom is -0.392 e. The largest absolute Gasteiger partial charge is 0.392 e. The number of aryl methyl sites for hydroxylation is 1. The van der Waals surface area contributed by atoms with E-state index in [2.05, 4.69) is 27.4 Å². The summed E-state index contributed by atoms with van der Waals surface area (Å²) in [5, 5.41) is 15.4. The van der Waals surface area contributed by atoms with Gasteiger partial charge >= 0.3 is 6.03 Å². The molecule has 4 rings (SSSR count). The van der Waals surface area contributed by atoms with E-state index >= 15 is 0 Å². The smallest absolute Gasteiger partial charge is 0.321 e. The number of urea groups is 1. The molecule has 9 nitrogen and oxygen atoms in total. The molecule has 3 amide bonds. The van der Waals surface area contributed by atoms with Crippen LogP contribution in [0.15, 0.2) is 30.3 Å². The molecule has 0 saturated carbocycles. The van der Waals surface area contributed by atoms with Gasteiger partial charge in [0, 0.05) is 38.4 Å². The van der Waals surface area contributed by atoms with Crippen LogP contribution in [0.4, 0.5) is 16.3 Å². The fourth-order valence-electron chi connectivity index (χ4n) is 4.64. The van der Waals surface area contributed by atoms with Crippen LogP contribution in [-0.2, 0) is 4.74 Å². The minimum atomic E-state index is -0.651. The van der Waals surface area contributed by atoms with E-state index in [0.29, 0.717) is 43.7 Å². The molecule has 36 heavy (non-hydrogen) atoms. The highest BCUT2D eigenvalue weighted by atomic mass is 16.5. The van der Waals surface area contributed by atoms with Crippen LogP contribution in [-0.4, -0.2) is 79.0 Å². The number of aromatic nitrogens is 1. The van der Waals surface area contributed by atoms with E-state index in [1.807, 2.05) is 36.1 Å². The number of nitrogens with one attached hydrogen (secondary N) is 2. The second-order valence-corrected chi connectivity index (χ2v) is 9.73. The van der Waals surface area contributed by atoms with Gasteiger partial charge in [0.25, 0.3) is 5.91 Å². The van der Waals surface area contributed by atoms with Gasteiger partial charge in [-0.2, -0.15) is 0 Å². The molecule has 1 aromatic carbocycles. The first-order valence-electron chi connectivity index (χ1n) is 12.8. The molecule has 2 aromatic rings. The molecule has 9 heteroatoms. The maximum atomic E-state index is 12.9. The van der Waals surface area contributed by atoms with Crippen molar-refractivity contribution in [3.05, 3.63) is 41.6 Å². The third kappa shape index (κ3) is 6.33. The van der Waals surface area contributed by atoms with E-state index in [1.54, 1.807) is 13.0 Å². The monoisotopic (exact) mass is 495 g/mol. The number of anilines is 2. The van der Waals surface area contributed by atoms with E-state index in [1.165, 1.54) is 0 Å². The molecule has 2 fully saturated rings. The van der Waals surface area contributed by atoms with Gasteiger partial charge in [-0.15, -0.1) is 0 Å². The van der Waals surface area contributed by atoms with Crippen LogP contribution in [0.5, 0.6) is 0 Å². The van der Waals surface area contributed by atoms with Crippen molar-refractivity contribution in [1.29, 1.82) is 0 Å². The number of benzene rings is 1. The first-order chi connectivity index (χ1) is 17.3. The van der Waals surface area contributed by atoms with Crippen LogP contribution >= 0.6 is 0 Å². The third-order valence-electron chi connectivity index (χ3n) is 6.89. The Morgan fingerprint density at radius 1 is 1.19 bits per heavy atom. The number of aliphatic hydroxyl groups excluding tert-OH is 1. The van der Waals surface area contributed by atoms with Gasteiger partial charge in [0.05, 0.1) is 19.3 Å². The van der Waals surface area contributed by atoms with E-state index in [0.717, 1.165) is 42.6 Å². The van der Waals surface area contributed by atoms with Crippen LogP contribution in [0.1, 0.15) is 42.7 Å². The van der Waals surface area contributed by atoms with Crippen LogP contribution in [0.3, 0.4) is 0 Å². The van der Waals surface area contributed by atoms with Gasteiger partial charge in [0.15, 0.2) is 0 Å². The van der Waals surface area contributed by atoms with Crippen molar-refractivity contribution >= 4 is 23.4 Å². The van der Waals surface area contributed by atoms with E-state index in [-0.39, 0.29) is 24.2 Å². The van der Waals surface area contributed by atoms with Crippen molar-refractivity contribution in [3.8, 4) is 11.1 Å². The molecule has 2 atom stereocenters. The Morgan fingerprint density at radius 3 is 2.67 bits per heavy atom. The highest BCUT2D eigenvalue weighted by molar-refractivity contribution is 5.95. The maximum absolute atomic E-state index is 12.9. The van der Waals surface area contributed by atoms with Crippen molar-refractivity contribution < 1.29 is 19.4 Å². The van der Waals surface area contributed by atoms with Crippen molar-refractivity contribution in [2.75, 3.05) is 56.2 Å². The van der Waals surface area contributed by atoms with Crippen LogP contribution in [0, 0.1) is 12.8 Å². The number of amides is 3. The Hall–Kier alpha value is -3.17. The van der Waals surface area contributed by atoms with Crippen LogP contribution in [0.25, 0.3) is 11.1 Å². The van der Waals surface area contributed by atoms with E-state index < -0.39 is 6.10 Å². The van der Waals surface area contributed by atoms with Gasteiger partial charge in [0.1, 0.15) is 11.5 Å². The average molecular weight is 496 g/mol. The maximum Gasteiger partial charge on any atom is 0.321 e. The molecular weight excluding hydrogens is 458 g/mol. The Balaban J connectivity index is 1.63. The molecule has 0 unspecified atom stereocenters. The van der Waals surface area contributed by atoms with Crippen LogP contribution in [0.2, 0.25) is 0 Å². The van der Waals surface area contributed by atoms with E-state index in [9.17, 15) is 14.7 Å². The summed E-state index contributed by atoms with van der Waals surface area (Å²) in [4.78, 5) is 34.3. The summed E-state index contributed by atoms with van der Waals surface area (Å²) in [7, 11) is 0. The molecule has 2 aliphatic rings. The first kappa shape index (κ1) is 25.9. The summed E-state index contributed by atoms with van der Waals surface area (Å²) >= 11 is 0. The summed E-state index contributed by atoms with van der Waals surface area (Å²) in [5.41, 5.74) is 3.78. The van der Waals surface area contributed by atoms with Gasteiger partial charge in [-0.25, -0.2) is 9.78 Å². The fraction of sp³-hybridized carbons (Fsp3) is 0.519. The number of nitrogens with zero attached hydrogens (tertiary/aromatic N) is 3. The predicted octanol–water partition coefficient (Wildman–Crippen LogP) is 3.27. The van der Waals surface area contributed by atoms with Crippen molar-refractivity contribution in [3.63, 3.8) is 0 Å². The number of aliphatic hydroxyl groups is 1. The second-order valence-electron chi connectivity index (χ2n) is 9.73. The normalized spacial score (nSPS) is 18.7. The lowest BCUT2D eigenvalue weighted by atomic mass is 9.99. The molecule has 3 heterocycles. The quantitative estimate of drug-likeness (QED) is 0.544. The molecule has 0 radical (unpaired) electrons. The lowest BCUT2D eigenvalue weighted by Crippen LogP contribution is -2.37. The molecule has 3 N–H and O–H groups in total. The van der Waals surface area contributed by atoms with Crippen molar-refractivity contribution in [2.45, 2.75) is 39.7 Å². The Labute approximate surface area is 212 Å². The number of hydrogen-bond donors (Lipinski definition) is 3. The Bertz CT molecular complexity index is 1080. The number of carbonyl (C=O) groups is 2. The number of pyridine rings is 1. The highest BCUT2D eigenvalue weighted by Gasteiger charge is 2.25. The molecule has 194 valence electrons. The van der Waals surface area contributed by atoms with Crippen molar-refractivity contribution in [2.24, 2.45) is 5.92 Å². The zero-order valence-electron chi connectivity index (χ0n) is 21.4. The molecule has 1 aromatic heterocycles. The van der Waals surface area contributed by atoms with Gasteiger partial charge in [-0.05, 0) is 67.1 Å². The molecule has 0 bridgehead atoms. The van der Waals surface area contributed by atoms with Gasteiger partial charge in [0.2, 0.25) is 0 Å². The lowest BCUT2D eigenvalue weighted by molar-refractivity contribution is 0.0919. The number of ether oxygens (including phenoxy) is 1. The predicted molar refractivity (Wildman–Crippen MR) is 140 cm³/mol. The number of morpholine rings is 1. The lowest BCUT2D eigenvalue weighted by Gasteiger charge is -2.28. The number of hydrogen-bond acceptors (Lipinski definition) is 6. The average Bonchev–Trinajstić information content (AvgIpc) is 3.38. The Morgan fingerprint density at radius 2 is 1.97 bits per heavy atom. The van der Waals surface area contributed by atoms with Gasteiger partial charge in [-0.1, -0.05) is 19.4 Å². The topological polar surface area (TPSA) is 107 Å². The zero-order chi connectivity index (χ0) is 25.7. The third-order valence-corrected chi connectivity index (χ3v) is 6.89. The Kier molecular flexibility index (Phi) is 8.43. The summed E-state index contributed by atoms with van der Waals surface area (Å²) in [5.74, 6) is 0.932. The summed E-state index contributed by atoms with van der Waals surface area (Å²) in [6, 6.07) is 9.51. The molecule has 0 aliphatic carbocycles. The standard InChI is InChI=1S/C27H37N5O4/c1-4-20-7-8-32(17-20)27(35)29-22-6-5-18(2)23(15-22)21-13-24(26(34)28-16-19(3)33)30-25(14-21)31-9-11-36-12-10-31/h5-6,13-15,19-20,33H,4,7-12,16-17H2,1-3H3,(H,28,34)(H,29,35)/t19-,20+/m0/s1. The molecule has 2 saturated heterocycles. The molecule has 0 spiro atoms. The molecular formula is C27H37N5O4. The number of rotatable bonds is 7. The molecule has 2 aliphatic heterocycles. The zero-order valence-corrected chi connectivity index (χ0v) is 21.4. The summed E-state index contributed by atoms with van der Waals surface area (Å²) < 4.78 is 5.49. The number of likely N-dealkylation sites (tertiary alicyclic amines) is 1. The second kappa shape index (κ2) is 11.7.